The van der Waals surface area contributed by atoms with Crippen LogP contribution >= 0.6 is 24.8 Å². The Morgan fingerprint density at radius 2 is 2.17 bits per heavy atom. The molecule has 0 spiro atoms. The van der Waals surface area contributed by atoms with Gasteiger partial charge in [-0.2, -0.15) is 0 Å². The third kappa shape index (κ3) is 4.83. The number of imidazole rings is 1. The highest BCUT2D eigenvalue weighted by Gasteiger charge is 2.38. The van der Waals surface area contributed by atoms with Crippen LogP contribution in [0.4, 0.5) is 0 Å². The summed E-state index contributed by atoms with van der Waals surface area (Å²) >= 11 is 0. The van der Waals surface area contributed by atoms with Gasteiger partial charge in [0, 0.05) is 50.5 Å². The average Bonchev–Trinajstić information content (AvgIpc) is 2.99. The summed E-state index contributed by atoms with van der Waals surface area (Å²) in [6.45, 7) is 4.55. The summed E-state index contributed by atoms with van der Waals surface area (Å²) < 4.78 is 0. The van der Waals surface area contributed by atoms with E-state index in [4.69, 9.17) is 5.73 Å². The molecule has 1 amide bonds. The molecule has 2 aliphatic heterocycles. The summed E-state index contributed by atoms with van der Waals surface area (Å²) in [7, 11) is 0. The van der Waals surface area contributed by atoms with Gasteiger partial charge in [0.05, 0.1) is 6.33 Å². The van der Waals surface area contributed by atoms with Crippen molar-refractivity contribution < 1.29 is 4.79 Å². The summed E-state index contributed by atoms with van der Waals surface area (Å²) in [6.07, 6.45) is 7.34. The molecule has 0 bridgehead atoms. The number of piperidine rings is 2. The lowest BCUT2D eigenvalue weighted by atomic mass is 9.83. The maximum Gasteiger partial charge on any atom is 0.222 e. The van der Waals surface area contributed by atoms with Crippen LogP contribution in [0.1, 0.15) is 31.4 Å². The van der Waals surface area contributed by atoms with E-state index in [-0.39, 0.29) is 24.8 Å². The van der Waals surface area contributed by atoms with E-state index in [1.807, 2.05) is 6.20 Å². The largest absolute Gasteiger partial charge is 0.347 e. The number of fused-ring (bicyclic) bond motifs is 1. The third-order valence-corrected chi connectivity index (χ3v) is 4.78. The van der Waals surface area contributed by atoms with Crippen molar-refractivity contribution >= 4 is 30.7 Å². The zero-order chi connectivity index (χ0) is 14.7. The normalized spacial score (nSPS) is 24.6. The molecule has 0 radical (unpaired) electrons. The molecule has 3 rings (SSSR count). The van der Waals surface area contributed by atoms with Crippen LogP contribution in [0.3, 0.4) is 0 Å². The Bertz CT molecular complexity index is 470. The number of likely N-dealkylation sites (tertiary alicyclic amines) is 2. The van der Waals surface area contributed by atoms with Gasteiger partial charge < -0.3 is 15.6 Å². The van der Waals surface area contributed by atoms with Gasteiger partial charge in [0.15, 0.2) is 0 Å². The molecule has 0 aliphatic carbocycles. The van der Waals surface area contributed by atoms with Gasteiger partial charge in [-0.25, -0.2) is 4.98 Å². The van der Waals surface area contributed by atoms with Crippen molar-refractivity contribution in [2.45, 2.75) is 38.3 Å². The number of halogens is 2. The van der Waals surface area contributed by atoms with Gasteiger partial charge in [-0.15, -0.1) is 24.8 Å². The maximum absolute atomic E-state index is 12.2. The minimum atomic E-state index is 0. The molecule has 1 aromatic heterocycles. The summed E-state index contributed by atoms with van der Waals surface area (Å²) in [6, 6.07) is 0.427. The zero-order valence-corrected chi connectivity index (χ0v) is 15.0. The highest BCUT2D eigenvalue weighted by Crippen LogP contribution is 2.31. The van der Waals surface area contributed by atoms with E-state index in [1.165, 1.54) is 5.69 Å². The molecule has 0 aromatic carbocycles. The van der Waals surface area contributed by atoms with E-state index in [0.717, 1.165) is 45.4 Å². The number of hydrogen-bond acceptors (Lipinski definition) is 4. The van der Waals surface area contributed by atoms with Gasteiger partial charge >= 0.3 is 0 Å². The smallest absolute Gasteiger partial charge is 0.222 e. The van der Waals surface area contributed by atoms with Gasteiger partial charge in [-0.1, -0.05) is 0 Å². The summed E-state index contributed by atoms with van der Waals surface area (Å²) in [5, 5.41) is 0. The lowest BCUT2D eigenvalue weighted by Crippen LogP contribution is -2.56. The Labute approximate surface area is 150 Å². The Hall–Kier alpha value is -0.820. The molecule has 3 heterocycles. The number of hydrogen-bond donors (Lipinski definition) is 2. The lowest BCUT2D eigenvalue weighted by molar-refractivity contribution is -0.141. The van der Waals surface area contributed by atoms with Gasteiger partial charge in [-0.3, -0.25) is 9.69 Å². The van der Waals surface area contributed by atoms with E-state index in [0.29, 0.717) is 30.8 Å². The van der Waals surface area contributed by atoms with E-state index in [1.54, 1.807) is 6.33 Å². The molecule has 2 aliphatic rings. The summed E-state index contributed by atoms with van der Waals surface area (Å²) in [5.74, 6) is 0.934. The number of rotatable bonds is 5. The molecular formula is C15H27Cl2N5O. The minimum Gasteiger partial charge on any atom is -0.347 e. The first kappa shape index (κ1) is 20.2. The second-order valence-electron chi connectivity index (χ2n) is 6.20. The predicted molar refractivity (Wildman–Crippen MR) is 94.9 cm³/mol. The number of H-pyrrole nitrogens is 1. The van der Waals surface area contributed by atoms with Crippen LogP contribution in [-0.2, 0) is 11.3 Å². The average molecular weight is 364 g/mol. The van der Waals surface area contributed by atoms with Crippen LogP contribution < -0.4 is 5.73 Å². The quantitative estimate of drug-likeness (QED) is 0.828. The summed E-state index contributed by atoms with van der Waals surface area (Å²) in [5.41, 5.74) is 6.77. The van der Waals surface area contributed by atoms with Crippen LogP contribution in [0.15, 0.2) is 12.5 Å². The van der Waals surface area contributed by atoms with Gasteiger partial charge in [0.2, 0.25) is 5.91 Å². The molecule has 2 fully saturated rings. The number of aromatic nitrogens is 2. The van der Waals surface area contributed by atoms with Crippen LogP contribution in [0.5, 0.6) is 0 Å². The standard InChI is InChI=1S/C15H25N5O.2ClH/c16-5-1-6-20-14-4-7-19(10-13-8-17-11-18-13)9-12(14)2-3-15(20)21;;/h8,11-12,14H,1-7,9-10,16H2,(H,17,18);2*1H/t12-,14+;;/m0../s1. The zero-order valence-electron chi connectivity index (χ0n) is 13.3. The van der Waals surface area contributed by atoms with Gasteiger partial charge in [-0.05, 0) is 31.7 Å². The predicted octanol–water partition coefficient (Wildman–Crippen LogP) is 1.41. The van der Waals surface area contributed by atoms with E-state index in [2.05, 4.69) is 19.8 Å². The Morgan fingerprint density at radius 1 is 1.35 bits per heavy atom. The summed E-state index contributed by atoms with van der Waals surface area (Å²) in [4.78, 5) is 24.0. The Balaban J connectivity index is 0.00000132. The van der Waals surface area contributed by atoms with Crippen molar-refractivity contribution in [3.8, 4) is 0 Å². The van der Waals surface area contributed by atoms with E-state index in [9.17, 15) is 4.79 Å². The molecule has 2 saturated heterocycles. The first-order valence-electron chi connectivity index (χ1n) is 7.97. The van der Waals surface area contributed by atoms with Crippen LogP contribution in [0.25, 0.3) is 0 Å². The van der Waals surface area contributed by atoms with Crippen molar-refractivity contribution in [1.29, 1.82) is 0 Å². The molecule has 1 aromatic rings. The molecule has 3 N–H and O–H groups in total. The van der Waals surface area contributed by atoms with Crippen molar-refractivity contribution in [3.05, 3.63) is 18.2 Å². The third-order valence-electron chi connectivity index (χ3n) is 4.78. The Kier molecular flexibility index (Phi) is 8.33. The Morgan fingerprint density at radius 3 is 2.87 bits per heavy atom. The molecule has 23 heavy (non-hydrogen) atoms. The molecule has 0 saturated carbocycles. The van der Waals surface area contributed by atoms with Crippen LogP contribution in [0.2, 0.25) is 0 Å². The molecule has 8 heteroatoms. The number of aromatic amines is 1. The SMILES string of the molecule is Cl.Cl.NCCCN1C(=O)CC[C@H]2CN(Cc3cnc[nH]3)CC[C@H]21. The van der Waals surface area contributed by atoms with Crippen molar-refractivity contribution in [1.82, 2.24) is 19.8 Å². The number of carbonyl (C=O) groups excluding carboxylic acids is 1. The number of carbonyl (C=O) groups is 1. The first-order chi connectivity index (χ1) is 10.3. The van der Waals surface area contributed by atoms with Crippen molar-refractivity contribution in [3.63, 3.8) is 0 Å². The highest BCUT2D eigenvalue weighted by molar-refractivity contribution is 5.85. The van der Waals surface area contributed by atoms with E-state index >= 15 is 0 Å². The van der Waals surface area contributed by atoms with Gasteiger partial charge in [0.1, 0.15) is 0 Å². The monoisotopic (exact) mass is 363 g/mol. The van der Waals surface area contributed by atoms with E-state index < -0.39 is 0 Å². The van der Waals surface area contributed by atoms with Crippen molar-refractivity contribution in [2.75, 3.05) is 26.2 Å². The maximum atomic E-state index is 12.2. The van der Waals surface area contributed by atoms with Crippen LogP contribution in [-0.4, -0.2) is 57.9 Å². The van der Waals surface area contributed by atoms with Crippen molar-refractivity contribution in [2.24, 2.45) is 11.7 Å². The molecule has 132 valence electrons. The fourth-order valence-electron chi connectivity index (χ4n) is 3.73. The molecule has 0 unspecified atom stereocenters. The topological polar surface area (TPSA) is 78.2 Å². The molecule has 2 atom stereocenters. The number of nitrogens with one attached hydrogen (secondary N) is 1. The number of nitrogens with two attached hydrogens (primary N) is 1. The molecule has 6 nitrogen and oxygen atoms in total. The second-order valence-corrected chi connectivity index (χ2v) is 6.20. The number of amides is 1. The fraction of sp³-hybridized carbons (Fsp3) is 0.733. The highest BCUT2D eigenvalue weighted by atomic mass is 35.5. The van der Waals surface area contributed by atoms with Crippen LogP contribution in [0, 0.1) is 5.92 Å². The lowest BCUT2D eigenvalue weighted by Gasteiger charge is -2.47. The minimum absolute atomic E-state index is 0. The first-order valence-corrected chi connectivity index (χ1v) is 7.97. The fourth-order valence-corrected chi connectivity index (χ4v) is 3.73. The van der Waals surface area contributed by atoms with Gasteiger partial charge in [0.25, 0.3) is 0 Å². The number of nitrogens with zero attached hydrogens (tertiary/aromatic N) is 3. The molecular weight excluding hydrogens is 337 g/mol. The second kappa shape index (κ2) is 9.47.